The molecule has 0 N–H and O–H groups in total. The van der Waals surface area contributed by atoms with Gasteiger partial charge >= 0.3 is 0 Å². The first-order valence-electron chi connectivity index (χ1n) is 5.48. The number of rotatable bonds is 2. The monoisotopic (exact) mass is 220 g/mol. The largest absolute Gasteiger partial charge is 0.208 e. The van der Waals surface area contributed by atoms with Gasteiger partial charge in [0.2, 0.25) is 0 Å². The Hall–Kier alpha value is -2.33. The molecule has 0 unspecified atom stereocenters. The minimum absolute atomic E-state index is 0.911. The molecule has 0 bridgehead atoms. The third kappa shape index (κ3) is 3.06. The van der Waals surface area contributed by atoms with Gasteiger partial charge in [-0.3, -0.25) is 0 Å². The molecule has 0 saturated heterocycles. The highest BCUT2D eigenvalue weighted by Crippen LogP contribution is 2.08. The highest BCUT2D eigenvalue weighted by molar-refractivity contribution is 5.69. The van der Waals surface area contributed by atoms with E-state index in [1.54, 1.807) is 0 Å². The van der Waals surface area contributed by atoms with Gasteiger partial charge in [-0.25, -0.2) is 4.57 Å². The Labute approximate surface area is 102 Å². The third-order valence-corrected chi connectivity index (χ3v) is 2.55. The van der Waals surface area contributed by atoms with E-state index >= 15 is 0 Å². The fourth-order valence-corrected chi connectivity index (χ4v) is 1.51. The number of aryl methyl sites for hydroxylation is 1. The Kier molecular flexibility index (Phi) is 3.37. The maximum Gasteiger partial charge on any atom is 0.169 e. The van der Waals surface area contributed by atoms with E-state index in [2.05, 4.69) is 30.2 Å². The molecule has 0 amide bonds. The molecule has 0 saturated carbocycles. The van der Waals surface area contributed by atoms with Crippen molar-refractivity contribution in [3.05, 3.63) is 65.5 Å². The van der Waals surface area contributed by atoms with Gasteiger partial charge in [0.25, 0.3) is 0 Å². The van der Waals surface area contributed by atoms with Crippen LogP contribution in [0.1, 0.15) is 16.7 Å². The molecule has 1 heteroatoms. The molecule has 1 aromatic heterocycles. The van der Waals surface area contributed by atoms with Crippen molar-refractivity contribution in [2.45, 2.75) is 0 Å². The summed E-state index contributed by atoms with van der Waals surface area (Å²) < 4.78 is 2.01. The average molecular weight is 220 g/mol. The van der Waals surface area contributed by atoms with Crippen LogP contribution in [0.25, 0.3) is 12.2 Å². The summed E-state index contributed by atoms with van der Waals surface area (Å²) in [6, 6.07) is 12.1. The van der Waals surface area contributed by atoms with E-state index in [1.807, 2.05) is 48.3 Å². The minimum Gasteiger partial charge on any atom is -0.208 e. The standard InChI is InChI=1S/C16H14N/c1-3-14-4-6-15(7-5-14)8-9-16-10-12-17(2)13-11-16/h1,4-13H,2H3/q+1/b9-8+. The third-order valence-electron chi connectivity index (χ3n) is 2.55. The summed E-state index contributed by atoms with van der Waals surface area (Å²) in [4.78, 5) is 0. The first-order chi connectivity index (χ1) is 8.28. The molecule has 0 atom stereocenters. The number of terminal acetylenes is 1. The fourth-order valence-electron chi connectivity index (χ4n) is 1.51. The maximum absolute atomic E-state index is 5.31. The van der Waals surface area contributed by atoms with Crippen LogP contribution in [0, 0.1) is 12.3 Å². The van der Waals surface area contributed by atoms with Gasteiger partial charge in [-0.05, 0) is 23.3 Å². The van der Waals surface area contributed by atoms with E-state index in [9.17, 15) is 0 Å². The average Bonchev–Trinajstić information content (AvgIpc) is 2.39. The summed E-state index contributed by atoms with van der Waals surface area (Å²) in [7, 11) is 2.01. The molecule has 0 aliphatic rings. The van der Waals surface area contributed by atoms with Crippen molar-refractivity contribution in [3.8, 4) is 12.3 Å². The van der Waals surface area contributed by atoms with Crippen LogP contribution in [0.5, 0.6) is 0 Å². The van der Waals surface area contributed by atoms with Crippen LogP contribution in [0.15, 0.2) is 48.8 Å². The van der Waals surface area contributed by atoms with Gasteiger partial charge < -0.3 is 0 Å². The topological polar surface area (TPSA) is 3.88 Å². The van der Waals surface area contributed by atoms with Crippen molar-refractivity contribution in [1.82, 2.24) is 0 Å². The lowest BCUT2D eigenvalue weighted by Crippen LogP contribution is -2.25. The van der Waals surface area contributed by atoms with Crippen molar-refractivity contribution in [2.75, 3.05) is 0 Å². The normalized spacial score (nSPS) is 10.4. The molecule has 0 fully saturated rings. The quantitative estimate of drug-likeness (QED) is 0.541. The highest BCUT2D eigenvalue weighted by atomic mass is 14.9. The molecular weight excluding hydrogens is 206 g/mol. The summed E-state index contributed by atoms with van der Waals surface area (Å²) in [6.07, 6.45) is 13.5. The highest BCUT2D eigenvalue weighted by Gasteiger charge is 1.92. The second kappa shape index (κ2) is 5.14. The molecule has 0 spiro atoms. The lowest BCUT2D eigenvalue weighted by Gasteiger charge is -1.94. The smallest absolute Gasteiger partial charge is 0.169 e. The van der Waals surface area contributed by atoms with Gasteiger partial charge in [-0.15, -0.1) is 6.42 Å². The first kappa shape index (κ1) is 11.2. The SMILES string of the molecule is C#Cc1ccc(/C=C/c2cc[n+](C)cc2)cc1. The maximum atomic E-state index is 5.31. The van der Waals surface area contributed by atoms with Crippen molar-refractivity contribution in [3.63, 3.8) is 0 Å². The molecule has 17 heavy (non-hydrogen) atoms. The number of hydrogen-bond acceptors (Lipinski definition) is 0. The molecule has 1 nitrogen and oxygen atoms in total. The van der Waals surface area contributed by atoms with E-state index < -0.39 is 0 Å². The lowest BCUT2D eigenvalue weighted by atomic mass is 10.1. The summed E-state index contributed by atoms with van der Waals surface area (Å²) in [5.74, 6) is 2.61. The minimum atomic E-state index is 0.911. The number of hydrogen-bond donors (Lipinski definition) is 0. The Balaban J connectivity index is 2.14. The van der Waals surface area contributed by atoms with E-state index in [1.165, 1.54) is 5.56 Å². The van der Waals surface area contributed by atoms with Crippen molar-refractivity contribution < 1.29 is 4.57 Å². The Bertz CT molecular complexity index is 554. The van der Waals surface area contributed by atoms with Crippen molar-refractivity contribution in [1.29, 1.82) is 0 Å². The molecule has 1 heterocycles. The Morgan fingerprint density at radius 2 is 1.47 bits per heavy atom. The molecule has 0 aliphatic carbocycles. The van der Waals surface area contributed by atoms with Gasteiger partial charge in [-0.2, -0.15) is 0 Å². The van der Waals surface area contributed by atoms with E-state index in [0.717, 1.165) is 11.1 Å². The van der Waals surface area contributed by atoms with Gasteiger partial charge in [0.05, 0.1) is 0 Å². The van der Waals surface area contributed by atoms with E-state index in [0.29, 0.717) is 0 Å². The molecule has 82 valence electrons. The van der Waals surface area contributed by atoms with Gasteiger partial charge in [-0.1, -0.05) is 30.2 Å². The van der Waals surface area contributed by atoms with Crippen LogP contribution >= 0.6 is 0 Å². The predicted octanol–water partition coefficient (Wildman–Crippen LogP) is 2.66. The number of nitrogens with zero attached hydrogens (tertiary/aromatic N) is 1. The Morgan fingerprint density at radius 1 is 0.941 bits per heavy atom. The zero-order chi connectivity index (χ0) is 12.1. The first-order valence-corrected chi connectivity index (χ1v) is 5.48. The van der Waals surface area contributed by atoms with E-state index in [4.69, 9.17) is 6.42 Å². The predicted molar refractivity (Wildman–Crippen MR) is 70.9 cm³/mol. The molecule has 2 rings (SSSR count). The molecule has 0 aliphatic heterocycles. The zero-order valence-corrected chi connectivity index (χ0v) is 9.80. The molecule has 0 radical (unpaired) electrons. The van der Waals surface area contributed by atoms with Crippen molar-refractivity contribution >= 4 is 12.2 Å². The molecule has 1 aromatic carbocycles. The van der Waals surface area contributed by atoms with Crippen LogP contribution in [0.4, 0.5) is 0 Å². The van der Waals surface area contributed by atoms with Crippen LogP contribution < -0.4 is 4.57 Å². The second-order valence-electron chi connectivity index (χ2n) is 3.90. The molecular formula is C16H14N+. The summed E-state index contributed by atoms with van der Waals surface area (Å²) in [5, 5.41) is 0. The van der Waals surface area contributed by atoms with E-state index in [-0.39, 0.29) is 0 Å². The summed E-state index contributed by atoms with van der Waals surface area (Å²) in [5.41, 5.74) is 3.25. The van der Waals surface area contributed by atoms with Gasteiger partial charge in [0.1, 0.15) is 7.05 Å². The number of benzene rings is 1. The Morgan fingerprint density at radius 3 is 2.00 bits per heavy atom. The van der Waals surface area contributed by atoms with Crippen molar-refractivity contribution in [2.24, 2.45) is 7.05 Å². The second-order valence-corrected chi connectivity index (χ2v) is 3.90. The van der Waals surface area contributed by atoms with Crippen LogP contribution in [0.3, 0.4) is 0 Å². The summed E-state index contributed by atoms with van der Waals surface area (Å²) >= 11 is 0. The zero-order valence-electron chi connectivity index (χ0n) is 9.80. The lowest BCUT2D eigenvalue weighted by molar-refractivity contribution is -0.671. The van der Waals surface area contributed by atoms with Gasteiger partial charge in [0.15, 0.2) is 12.4 Å². The van der Waals surface area contributed by atoms with Gasteiger partial charge in [0, 0.05) is 17.7 Å². The van der Waals surface area contributed by atoms with Crippen LogP contribution in [-0.2, 0) is 7.05 Å². The number of aromatic nitrogens is 1. The fraction of sp³-hybridized carbons (Fsp3) is 0.0625. The molecule has 2 aromatic rings. The van der Waals surface area contributed by atoms with Crippen LogP contribution in [0.2, 0.25) is 0 Å². The van der Waals surface area contributed by atoms with Crippen LogP contribution in [-0.4, -0.2) is 0 Å². The summed E-state index contributed by atoms with van der Waals surface area (Å²) in [6.45, 7) is 0. The number of pyridine rings is 1.